The fraction of sp³-hybridized carbons (Fsp3) is 0.875. The van der Waals surface area contributed by atoms with Crippen molar-refractivity contribution in [2.75, 3.05) is 33.5 Å². The average Bonchev–Trinajstić information content (AvgIpc) is 2.97. The van der Waals surface area contributed by atoms with Crippen LogP contribution in [0.15, 0.2) is 0 Å². The molecule has 8 heteroatoms. The summed E-state index contributed by atoms with van der Waals surface area (Å²) in [5.41, 5.74) is 0. The van der Waals surface area contributed by atoms with E-state index in [0.29, 0.717) is 32.7 Å². The number of carbonyl (C=O) groups is 1. The summed E-state index contributed by atoms with van der Waals surface area (Å²) in [7, 11) is 0.442. The topological polar surface area (TPSA) is 63.2 Å². The molecule has 0 radical (unpaired) electrons. The van der Waals surface area contributed by atoms with Gasteiger partial charge in [-0.3, -0.25) is 4.79 Å². The molecule has 1 unspecified atom stereocenters. The minimum absolute atomic E-state index is 0.356. The molecule has 2 aliphatic heterocycles. The van der Waals surface area contributed by atoms with Gasteiger partial charge in [-0.25, -0.2) is 0 Å². The fourth-order valence-corrected chi connectivity index (χ4v) is 1.83. The third kappa shape index (κ3) is 2.76. The van der Waals surface area contributed by atoms with E-state index in [1.807, 2.05) is 0 Å². The molecule has 2 rings (SSSR count). The van der Waals surface area contributed by atoms with Gasteiger partial charge >= 0.3 is 20.2 Å². The molecule has 0 aromatic carbocycles. The molecule has 0 N–H and O–H groups in total. The molecule has 0 saturated carbocycles. The summed E-state index contributed by atoms with van der Waals surface area (Å²) in [5.74, 6) is -0.846. The molecule has 2 aliphatic rings. The third-order valence-corrected chi connectivity index (χ3v) is 2.62. The molecule has 88 valence electrons. The van der Waals surface area contributed by atoms with Gasteiger partial charge < -0.3 is 23.4 Å². The lowest BCUT2D eigenvalue weighted by Gasteiger charge is -2.16. The van der Waals surface area contributed by atoms with Crippen LogP contribution < -0.4 is 0 Å². The van der Waals surface area contributed by atoms with E-state index in [2.05, 4.69) is 0 Å². The third-order valence-electron chi connectivity index (χ3n) is 2.62. The van der Waals surface area contributed by atoms with E-state index in [0.717, 1.165) is 0 Å². The molecule has 0 aliphatic carbocycles. The molecule has 2 fully saturated rings. The lowest BCUT2D eigenvalue weighted by atomic mass is 9.61. The standard InChI is InChI=1S/C8H14B2O6/c1-12-8(11)7(10-15-4-5-16-10)6-9-13-2-3-14-9/h7H,2-6H2,1H3. The molecule has 0 amide bonds. The molecule has 2 heterocycles. The van der Waals surface area contributed by atoms with Gasteiger partial charge in [0.2, 0.25) is 0 Å². The van der Waals surface area contributed by atoms with Gasteiger partial charge in [0, 0.05) is 0 Å². The van der Waals surface area contributed by atoms with E-state index in [4.69, 9.17) is 23.4 Å². The Morgan fingerprint density at radius 3 is 2.31 bits per heavy atom. The van der Waals surface area contributed by atoms with Crippen LogP contribution in [0.25, 0.3) is 0 Å². The Balaban J connectivity index is 1.92. The van der Waals surface area contributed by atoms with Crippen molar-refractivity contribution < 1.29 is 28.1 Å². The number of carbonyl (C=O) groups excluding carboxylic acids is 1. The largest absolute Gasteiger partial charge is 0.471 e. The number of methoxy groups -OCH3 is 1. The fourth-order valence-electron chi connectivity index (χ4n) is 1.83. The van der Waals surface area contributed by atoms with Crippen molar-refractivity contribution in [3.8, 4) is 0 Å². The molecule has 16 heavy (non-hydrogen) atoms. The minimum Gasteiger partial charge on any atom is -0.469 e. The highest BCUT2D eigenvalue weighted by molar-refractivity contribution is 6.56. The van der Waals surface area contributed by atoms with Gasteiger partial charge in [0.05, 0.1) is 39.4 Å². The lowest BCUT2D eigenvalue weighted by molar-refractivity contribution is -0.140. The second kappa shape index (κ2) is 5.67. The minimum atomic E-state index is -0.541. The van der Waals surface area contributed by atoms with Crippen LogP contribution >= 0.6 is 0 Å². The van der Waals surface area contributed by atoms with Gasteiger partial charge in [-0.15, -0.1) is 0 Å². The predicted molar refractivity (Wildman–Crippen MR) is 55.9 cm³/mol. The van der Waals surface area contributed by atoms with Crippen LogP contribution in [0.4, 0.5) is 0 Å². The predicted octanol–water partition coefficient (Wildman–Crippen LogP) is -0.400. The van der Waals surface area contributed by atoms with E-state index in [1.54, 1.807) is 0 Å². The van der Waals surface area contributed by atoms with Crippen molar-refractivity contribution in [2.45, 2.75) is 12.1 Å². The number of rotatable bonds is 4. The highest BCUT2D eigenvalue weighted by Crippen LogP contribution is 2.26. The number of esters is 1. The van der Waals surface area contributed by atoms with Gasteiger partial charge in [-0.05, 0) is 6.32 Å². The van der Waals surface area contributed by atoms with Gasteiger partial charge in [-0.2, -0.15) is 0 Å². The molecule has 1 atom stereocenters. The van der Waals surface area contributed by atoms with Gasteiger partial charge in [0.1, 0.15) is 0 Å². The Kier molecular flexibility index (Phi) is 4.22. The molecule has 6 nitrogen and oxygen atoms in total. The van der Waals surface area contributed by atoms with Crippen molar-refractivity contribution in [2.24, 2.45) is 0 Å². The lowest BCUT2D eigenvalue weighted by Crippen LogP contribution is -2.33. The normalized spacial score (nSPS) is 22.6. The van der Waals surface area contributed by atoms with E-state index < -0.39 is 12.9 Å². The Bertz CT molecular complexity index is 239. The number of ether oxygens (including phenoxy) is 1. The Hall–Kier alpha value is -0.560. The monoisotopic (exact) mass is 228 g/mol. The molecule has 0 bridgehead atoms. The SMILES string of the molecule is COC(=O)C(CB1OCCO1)B1OCCO1. The van der Waals surface area contributed by atoms with Crippen LogP contribution in [0.2, 0.25) is 12.1 Å². The molecule has 2 saturated heterocycles. The van der Waals surface area contributed by atoms with E-state index in [9.17, 15) is 4.79 Å². The van der Waals surface area contributed by atoms with Gasteiger partial charge in [0.15, 0.2) is 0 Å². The summed E-state index contributed by atoms with van der Waals surface area (Å²) < 4.78 is 25.9. The van der Waals surface area contributed by atoms with E-state index >= 15 is 0 Å². The Labute approximate surface area is 94.8 Å². The van der Waals surface area contributed by atoms with E-state index in [-0.39, 0.29) is 13.1 Å². The van der Waals surface area contributed by atoms with Gasteiger partial charge in [0.25, 0.3) is 0 Å². The maximum absolute atomic E-state index is 11.6. The first-order valence-corrected chi connectivity index (χ1v) is 5.35. The second-order valence-electron chi connectivity index (χ2n) is 3.65. The second-order valence-corrected chi connectivity index (χ2v) is 3.65. The molecular formula is C8H14B2O6. The van der Waals surface area contributed by atoms with Crippen LogP contribution in [-0.2, 0) is 28.1 Å². The first-order valence-electron chi connectivity index (χ1n) is 5.35. The zero-order valence-electron chi connectivity index (χ0n) is 9.22. The summed E-state index contributed by atoms with van der Waals surface area (Å²) in [6, 6.07) is 0. The van der Waals surface area contributed by atoms with Crippen LogP contribution in [-0.4, -0.2) is 53.7 Å². The molecule has 0 spiro atoms. The maximum Gasteiger partial charge on any atom is 0.471 e. The Morgan fingerprint density at radius 2 is 1.75 bits per heavy atom. The Morgan fingerprint density at radius 1 is 1.19 bits per heavy atom. The zero-order chi connectivity index (χ0) is 11.4. The first-order chi connectivity index (χ1) is 7.81. The summed E-state index contributed by atoms with van der Waals surface area (Å²) in [5, 5.41) is 0. The highest BCUT2D eigenvalue weighted by Gasteiger charge is 2.44. The summed E-state index contributed by atoms with van der Waals surface area (Å²) in [4.78, 5) is 11.6. The maximum atomic E-state index is 11.6. The summed E-state index contributed by atoms with van der Waals surface area (Å²) in [6.45, 7) is 2.13. The summed E-state index contributed by atoms with van der Waals surface area (Å²) >= 11 is 0. The van der Waals surface area contributed by atoms with Crippen LogP contribution in [0.3, 0.4) is 0 Å². The van der Waals surface area contributed by atoms with Crippen LogP contribution in [0.5, 0.6) is 0 Å². The molecule has 0 aromatic rings. The highest BCUT2D eigenvalue weighted by atomic mass is 16.6. The zero-order valence-corrected chi connectivity index (χ0v) is 9.22. The number of hydrogen-bond donors (Lipinski definition) is 0. The summed E-state index contributed by atoms with van der Waals surface area (Å²) in [6.07, 6.45) is 0.400. The van der Waals surface area contributed by atoms with Gasteiger partial charge in [-0.1, -0.05) is 0 Å². The van der Waals surface area contributed by atoms with Crippen molar-refractivity contribution in [3.63, 3.8) is 0 Å². The van der Waals surface area contributed by atoms with Crippen LogP contribution in [0.1, 0.15) is 0 Å². The molecular weight excluding hydrogens is 214 g/mol. The van der Waals surface area contributed by atoms with Crippen molar-refractivity contribution in [1.29, 1.82) is 0 Å². The number of hydrogen-bond acceptors (Lipinski definition) is 6. The molecule has 0 aromatic heterocycles. The quantitative estimate of drug-likeness (QED) is 0.481. The van der Waals surface area contributed by atoms with E-state index in [1.165, 1.54) is 7.11 Å². The first kappa shape index (κ1) is 11.9. The van der Waals surface area contributed by atoms with Crippen molar-refractivity contribution in [1.82, 2.24) is 0 Å². The smallest absolute Gasteiger partial charge is 0.469 e. The van der Waals surface area contributed by atoms with Crippen molar-refractivity contribution >= 4 is 20.2 Å². The van der Waals surface area contributed by atoms with Crippen molar-refractivity contribution in [3.05, 3.63) is 0 Å². The average molecular weight is 228 g/mol. The van der Waals surface area contributed by atoms with Crippen LogP contribution in [0, 0.1) is 0 Å².